The van der Waals surface area contributed by atoms with Crippen LogP contribution in [0, 0.1) is 11.8 Å². The van der Waals surface area contributed by atoms with Crippen molar-refractivity contribution in [3.05, 3.63) is 95.1 Å². The van der Waals surface area contributed by atoms with Gasteiger partial charge in [-0.2, -0.15) is 0 Å². The number of rotatable bonds is 7. The van der Waals surface area contributed by atoms with Crippen LogP contribution in [0.5, 0.6) is 0 Å². The zero-order chi connectivity index (χ0) is 21.4. The molecule has 2 aromatic rings. The maximum absolute atomic E-state index is 4.52. The van der Waals surface area contributed by atoms with E-state index in [1.807, 2.05) is 0 Å². The average Bonchev–Trinajstić information content (AvgIpc) is 3.34. The highest BCUT2D eigenvalue weighted by molar-refractivity contribution is 5.70. The van der Waals surface area contributed by atoms with Crippen LogP contribution >= 0.6 is 0 Å². The third-order valence-electron chi connectivity index (χ3n) is 7.94. The molecule has 0 bridgehead atoms. The molecule has 0 aromatic heterocycles. The van der Waals surface area contributed by atoms with Gasteiger partial charge >= 0.3 is 0 Å². The maximum Gasteiger partial charge on any atom is -0.00437 e. The molecule has 0 spiro atoms. The lowest BCUT2D eigenvalue weighted by atomic mass is 9.86. The fraction of sp³-hybridized carbons (Fsp3) is 0.419. The summed E-state index contributed by atoms with van der Waals surface area (Å²) < 4.78 is 0. The molecule has 0 heterocycles. The van der Waals surface area contributed by atoms with Crippen molar-refractivity contribution in [1.82, 2.24) is 0 Å². The summed E-state index contributed by atoms with van der Waals surface area (Å²) in [6.45, 7) is 9.11. The number of hydrogen-bond donors (Lipinski definition) is 0. The first-order valence-corrected chi connectivity index (χ1v) is 12.5. The van der Waals surface area contributed by atoms with Gasteiger partial charge in [-0.15, -0.1) is 0 Å². The standard InChI is InChI=1S/C31H36/c1-4-22-10-11-25(18-22)21(3)26-14-15-27(20-26)29-17-16-28(19-23(29)5-2)31-9-7-6-8-30(31)24-12-13-24/h6-11,16-19,22,24,26-27H,3-5,12-15,20H2,1-2H3. The van der Waals surface area contributed by atoms with Crippen molar-refractivity contribution in [3.63, 3.8) is 0 Å². The van der Waals surface area contributed by atoms with Crippen molar-refractivity contribution in [2.75, 3.05) is 0 Å². The zero-order valence-corrected chi connectivity index (χ0v) is 19.2. The molecule has 0 amide bonds. The van der Waals surface area contributed by atoms with Crippen LogP contribution in [0.15, 0.2) is 78.4 Å². The highest BCUT2D eigenvalue weighted by atomic mass is 14.4. The van der Waals surface area contributed by atoms with Gasteiger partial charge in [0.25, 0.3) is 0 Å². The molecule has 31 heavy (non-hydrogen) atoms. The summed E-state index contributed by atoms with van der Waals surface area (Å²) >= 11 is 0. The fourth-order valence-corrected chi connectivity index (χ4v) is 5.84. The maximum atomic E-state index is 4.52. The second-order valence-electron chi connectivity index (χ2n) is 9.91. The van der Waals surface area contributed by atoms with Crippen molar-refractivity contribution in [2.24, 2.45) is 11.8 Å². The summed E-state index contributed by atoms with van der Waals surface area (Å²) in [5.74, 6) is 2.71. The Hall–Kier alpha value is -2.34. The minimum Gasteiger partial charge on any atom is -0.0950 e. The molecule has 3 atom stereocenters. The topological polar surface area (TPSA) is 0 Å². The van der Waals surface area contributed by atoms with Crippen LogP contribution in [0.2, 0.25) is 0 Å². The Kier molecular flexibility index (Phi) is 5.74. The molecule has 0 nitrogen and oxygen atoms in total. The lowest BCUT2D eigenvalue weighted by molar-refractivity contribution is 0.631. The Bertz CT molecular complexity index is 1030. The van der Waals surface area contributed by atoms with Crippen LogP contribution in [-0.4, -0.2) is 0 Å². The SMILES string of the molecule is C=C(C1=CC(CC)C=C1)C1CCC(c2ccc(-c3ccccc3C3CC3)cc2CC)C1. The van der Waals surface area contributed by atoms with E-state index in [0.717, 1.165) is 12.3 Å². The third kappa shape index (κ3) is 4.10. The van der Waals surface area contributed by atoms with Gasteiger partial charge in [0.1, 0.15) is 0 Å². The van der Waals surface area contributed by atoms with E-state index in [4.69, 9.17) is 0 Å². The van der Waals surface area contributed by atoms with Crippen molar-refractivity contribution in [1.29, 1.82) is 0 Å². The Balaban J connectivity index is 1.36. The first-order chi connectivity index (χ1) is 15.2. The van der Waals surface area contributed by atoms with Gasteiger partial charge in [-0.05, 0) is 108 Å². The second kappa shape index (κ2) is 8.65. The fourth-order valence-electron chi connectivity index (χ4n) is 5.84. The molecule has 2 aromatic carbocycles. The van der Waals surface area contributed by atoms with Gasteiger partial charge < -0.3 is 0 Å². The van der Waals surface area contributed by atoms with Gasteiger partial charge in [-0.1, -0.05) is 81.1 Å². The summed E-state index contributed by atoms with van der Waals surface area (Å²) in [5.41, 5.74) is 10.3. The van der Waals surface area contributed by atoms with Gasteiger partial charge in [0.05, 0.1) is 0 Å². The molecule has 2 saturated carbocycles. The Morgan fingerprint density at radius 3 is 2.48 bits per heavy atom. The van der Waals surface area contributed by atoms with Crippen molar-refractivity contribution in [3.8, 4) is 11.1 Å². The predicted molar refractivity (Wildman–Crippen MR) is 133 cm³/mol. The number of allylic oxidation sites excluding steroid dienone is 5. The first-order valence-electron chi connectivity index (χ1n) is 12.5. The predicted octanol–water partition coefficient (Wildman–Crippen LogP) is 8.76. The van der Waals surface area contributed by atoms with Crippen LogP contribution < -0.4 is 0 Å². The highest BCUT2D eigenvalue weighted by Gasteiger charge is 2.31. The first kappa shape index (κ1) is 20.6. The van der Waals surface area contributed by atoms with Gasteiger partial charge in [0.15, 0.2) is 0 Å². The van der Waals surface area contributed by atoms with Gasteiger partial charge in [-0.25, -0.2) is 0 Å². The van der Waals surface area contributed by atoms with Crippen LogP contribution in [0.1, 0.15) is 80.9 Å². The number of benzene rings is 2. The van der Waals surface area contributed by atoms with Gasteiger partial charge in [-0.3, -0.25) is 0 Å². The molecular weight excluding hydrogens is 372 g/mol. The molecule has 0 N–H and O–H groups in total. The van der Waals surface area contributed by atoms with Crippen molar-refractivity contribution < 1.29 is 0 Å². The lowest BCUT2D eigenvalue weighted by Gasteiger charge is -2.19. The van der Waals surface area contributed by atoms with E-state index >= 15 is 0 Å². The lowest BCUT2D eigenvalue weighted by Crippen LogP contribution is -2.03. The van der Waals surface area contributed by atoms with Crippen LogP contribution in [0.25, 0.3) is 11.1 Å². The molecule has 3 aliphatic carbocycles. The van der Waals surface area contributed by atoms with Crippen LogP contribution in [0.3, 0.4) is 0 Å². The van der Waals surface area contributed by atoms with E-state index in [1.165, 1.54) is 60.8 Å². The molecule has 2 fully saturated rings. The Morgan fingerprint density at radius 1 is 0.935 bits per heavy atom. The van der Waals surface area contributed by atoms with Crippen molar-refractivity contribution >= 4 is 0 Å². The van der Waals surface area contributed by atoms with E-state index < -0.39 is 0 Å². The third-order valence-corrected chi connectivity index (χ3v) is 7.94. The molecule has 3 unspecified atom stereocenters. The van der Waals surface area contributed by atoms with Crippen LogP contribution in [-0.2, 0) is 6.42 Å². The summed E-state index contributed by atoms with van der Waals surface area (Å²) in [6, 6.07) is 16.4. The van der Waals surface area contributed by atoms with E-state index in [0.29, 0.717) is 17.8 Å². The van der Waals surface area contributed by atoms with E-state index in [1.54, 1.807) is 16.7 Å². The molecule has 0 radical (unpaired) electrons. The molecule has 0 aliphatic heterocycles. The minimum absolute atomic E-state index is 0.613. The van der Waals surface area contributed by atoms with Crippen LogP contribution in [0.4, 0.5) is 0 Å². The quantitative estimate of drug-likeness (QED) is 0.429. The summed E-state index contributed by atoms with van der Waals surface area (Å²) in [4.78, 5) is 0. The Morgan fingerprint density at radius 2 is 1.74 bits per heavy atom. The molecule has 0 heteroatoms. The van der Waals surface area contributed by atoms with Crippen molar-refractivity contribution in [2.45, 2.75) is 70.6 Å². The summed E-state index contributed by atoms with van der Waals surface area (Å²) in [5, 5.41) is 0. The van der Waals surface area contributed by atoms with Gasteiger partial charge in [0.2, 0.25) is 0 Å². The zero-order valence-electron chi connectivity index (χ0n) is 19.2. The normalized spacial score (nSPS) is 25.1. The highest BCUT2D eigenvalue weighted by Crippen LogP contribution is 2.47. The van der Waals surface area contributed by atoms with Gasteiger partial charge in [0, 0.05) is 0 Å². The average molecular weight is 409 g/mol. The second-order valence-corrected chi connectivity index (χ2v) is 9.91. The largest absolute Gasteiger partial charge is 0.0950 e. The monoisotopic (exact) mass is 408 g/mol. The summed E-state index contributed by atoms with van der Waals surface area (Å²) in [7, 11) is 0. The molecule has 0 saturated heterocycles. The van der Waals surface area contributed by atoms with E-state index in [2.05, 4.69) is 81.1 Å². The molecule has 3 aliphatic rings. The molecular formula is C31H36. The smallest absolute Gasteiger partial charge is 0.00437 e. The number of aryl methyl sites for hydroxylation is 1. The van der Waals surface area contributed by atoms with E-state index in [9.17, 15) is 0 Å². The Labute approximate surface area is 188 Å². The summed E-state index contributed by atoms with van der Waals surface area (Å²) in [6.07, 6.45) is 15.9. The minimum atomic E-state index is 0.613. The molecule has 160 valence electrons. The number of hydrogen-bond acceptors (Lipinski definition) is 0. The molecule has 5 rings (SSSR count). The van der Waals surface area contributed by atoms with E-state index in [-0.39, 0.29) is 0 Å².